The highest BCUT2D eigenvalue weighted by atomic mass is 35.5. The van der Waals surface area contributed by atoms with Crippen molar-refractivity contribution in [3.63, 3.8) is 0 Å². The number of nitrogens with zero attached hydrogens (tertiary/aromatic N) is 2. The summed E-state index contributed by atoms with van der Waals surface area (Å²) in [5.41, 5.74) is 2.20. The average Bonchev–Trinajstić information content (AvgIpc) is 2.80. The van der Waals surface area contributed by atoms with Crippen LogP contribution in [0.5, 0.6) is 5.75 Å². The summed E-state index contributed by atoms with van der Waals surface area (Å²) in [6.45, 7) is 0. The van der Waals surface area contributed by atoms with Gasteiger partial charge in [0.05, 0.1) is 22.7 Å². The largest absolute Gasteiger partial charge is 0.494 e. The van der Waals surface area contributed by atoms with Gasteiger partial charge in [0, 0.05) is 34.8 Å². The number of esters is 1. The van der Waals surface area contributed by atoms with E-state index in [4.69, 9.17) is 55.9 Å². The topological polar surface area (TPSA) is 61.3 Å². The van der Waals surface area contributed by atoms with Crippen LogP contribution >= 0.6 is 46.4 Å². The van der Waals surface area contributed by atoms with Crippen LogP contribution in [0, 0.1) is 0 Å². The van der Waals surface area contributed by atoms with Crippen molar-refractivity contribution in [3.05, 3.63) is 97.8 Å². The molecule has 0 radical (unpaired) electrons. The van der Waals surface area contributed by atoms with Gasteiger partial charge in [-0.1, -0.05) is 52.5 Å². The number of hydrogen-bond donors (Lipinski definition) is 0. The fourth-order valence-corrected chi connectivity index (χ4v) is 4.25. The van der Waals surface area contributed by atoms with Crippen molar-refractivity contribution in [2.24, 2.45) is 0 Å². The molecule has 0 aliphatic carbocycles. The third-order valence-electron chi connectivity index (χ3n) is 5.06. The van der Waals surface area contributed by atoms with Crippen LogP contribution in [0.1, 0.15) is 27.6 Å². The number of hydrogen-bond acceptors (Lipinski definition) is 5. The lowest BCUT2D eigenvalue weighted by atomic mass is 9.97. The zero-order chi connectivity index (χ0) is 23.5. The van der Waals surface area contributed by atoms with Gasteiger partial charge < -0.3 is 9.47 Å². The van der Waals surface area contributed by atoms with Crippen LogP contribution in [0.25, 0.3) is 10.9 Å². The minimum Gasteiger partial charge on any atom is -0.494 e. The smallest absolute Gasteiger partial charge is 0.338 e. The molecule has 2 aromatic carbocycles. The molecule has 9 heteroatoms. The van der Waals surface area contributed by atoms with Crippen LogP contribution in [-0.4, -0.2) is 23.0 Å². The summed E-state index contributed by atoms with van der Waals surface area (Å²) in [6.07, 6.45) is 2.45. The predicted octanol–water partition coefficient (Wildman–Crippen LogP) is 7.39. The van der Waals surface area contributed by atoms with Gasteiger partial charge in [0.1, 0.15) is 22.5 Å². The molecular formula is C24H16Cl4N2O3. The lowest BCUT2D eigenvalue weighted by molar-refractivity contribution is 0.0301. The van der Waals surface area contributed by atoms with E-state index in [2.05, 4.69) is 9.97 Å². The quantitative estimate of drug-likeness (QED) is 0.195. The van der Waals surface area contributed by atoms with E-state index in [-0.39, 0.29) is 6.42 Å². The Morgan fingerprint density at radius 2 is 1.64 bits per heavy atom. The Morgan fingerprint density at radius 1 is 0.939 bits per heavy atom. The van der Waals surface area contributed by atoms with E-state index in [0.717, 1.165) is 0 Å². The van der Waals surface area contributed by atoms with Crippen LogP contribution < -0.4 is 4.74 Å². The maximum Gasteiger partial charge on any atom is 0.338 e. The molecule has 0 aliphatic rings. The number of benzene rings is 2. The van der Waals surface area contributed by atoms with Gasteiger partial charge in [-0.15, -0.1) is 0 Å². The Morgan fingerprint density at radius 3 is 2.30 bits per heavy atom. The van der Waals surface area contributed by atoms with Crippen molar-refractivity contribution in [2.75, 3.05) is 7.11 Å². The molecule has 0 saturated carbocycles. The maximum atomic E-state index is 13.0. The van der Waals surface area contributed by atoms with E-state index < -0.39 is 12.1 Å². The summed E-state index contributed by atoms with van der Waals surface area (Å²) in [5, 5.41) is 2.28. The third kappa shape index (κ3) is 5.17. The summed E-state index contributed by atoms with van der Waals surface area (Å²) >= 11 is 24.8. The minimum absolute atomic E-state index is 0.212. The van der Waals surface area contributed by atoms with Gasteiger partial charge >= 0.3 is 5.97 Å². The van der Waals surface area contributed by atoms with Crippen molar-refractivity contribution in [2.45, 2.75) is 12.5 Å². The Labute approximate surface area is 210 Å². The molecule has 0 saturated heterocycles. The van der Waals surface area contributed by atoms with Crippen LogP contribution in [0.3, 0.4) is 0 Å². The Bertz CT molecular complexity index is 1310. The molecule has 168 valence electrons. The molecule has 0 amide bonds. The first-order valence-corrected chi connectivity index (χ1v) is 11.3. The van der Waals surface area contributed by atoms with Gasteiger partial charge in [-0.25, -0.2) is 9.78 Å². The zero-order valence-electron chi connectivity index (χ0n) is 17.2. The number of methoxy groups -OCH3 is 1. The van der Waals surface area contributed by atoms with Crippen molar-refractivity contribution in [1.29, 1.82) is 0 Å². The number of aromatic nitrogens is 2. The van der Waals surface area contributed by atoms with Crippen molar-refractivity contribution in [1.82, 2.24) is 9.97 Å². The number of rotatable bonds is 6. The summed E-state index contributed by atoms with van der Waals surface area (Å²) < 4.78 is 11.4. The van der Waals surface area contributed by atoms with Crippen molar-refractivity contribution < 1.29 is 14.3 Å². The number of pyridine rings is 2. The highest BCUT2D eigenvalue weighted by Gasteiger charge is 2.24. The molecule has 0 spiro atoms. The first-order chi connectivity index (χ1) is 15.9. The average molecular weight is 522 g/mol. The molecule has 0 aliphatic heterocycles. The molecule has 4 rings (SSSR count). The molecule has 33 heavy (non-hydrogen) atoms. The van der Waals surface area contributed by atoms with E-state index >= 15 is 0 Å². The van der Waals surface area contributed by atoms with Gasteiger partial charge in [-0.2, -0.15) is 0 Å². The monoisotopic (exact) mass is 520 g/mol. The lowest BCUT2D eigenvalue weighted by Crippen LogP contribution is -2.15. The highest BCUT2D eigenvalue weighted by molar-refractivity contribution is 6.35. The normalized spacial score (nSPS) is 11.9. The minimum atomic E-state index is -0.748. The molecule has 2 aromatic heterocycles. The summed E-state index contributed by atoms with van der Waals surface area (Å²) in [4.78, 5) is 21.4. The van der Waals surface area contributed by atoms with Crippen LogP contribution in [0.2, 0.25) is 20.2 Å². The molecule has 1 unspecified atom stereocenters. The van der Waals surface area contributed by atoms with Crippen LogP contribution in [0.15, 0.2) is 60.9 Å². The fourth-order valence-electron chi connectivity index (χ4n) is 3.45. The Kier molecular flexibility index (Phi) is 7.25. The van der Waals surface area contributed by atoms with Crippen LogP contribution in [0.4, 0.5) is 0 Å². The number of halogens is 4. The van der Waals surface area contributed by atoms with Crippen molar-refractivity contribution in [3.8, 4) is 5.75 Å². The number of carbonyl (C=O) groups is 1. The van der Waals surface area contributed by atoms with Gasteiger partial charge in [-0.3, -0.25) is 4.98 Å². The molecular weight excluding hydrogens is 506 g/mol. The van der Waals surface area contributed by atoms with Crippen molar-refractivity contribution >= 4 is 63.3 Å². The highest BCUT2D eigenvalue weighted by Crippen LogP contribution is 2.37. The van der Waals surface area contributed by atoms with E-state index in [1.807, 2.05) is 6.07 Å². The van der Waals surface area contributed by atoms with Gasteiger partial charge in [-0.05, 0) is 48.0 Å². The third-order valence-corrected chi connectivity index (χ3v) is 6.17. The van der Waals surface area contributed by atoms with E-state index in [1.165, 1.54) is 12.4 Å². The summed E-state index contributed by atoms with van der Waals surface area (Å²) in [5.74, 6) is 0.0165. The lowest BCUT2D eigenvalue weighted by Gasteiger charge is -2.22. The molecule has 0 fully saturated rings. The number of fused-ring (bicyclic) bond motifs is 1. The van der Waals surface area contributed by atoms with Gasteiger partial charge in [0.2, 0.25) is 0 Å². The molecule has 0 bridgehead atoms. The predicted molar refractivity (Wildman–Crippen MR) is 131 cm³/mol. The molecule has 1 atom stereocenters. The van der Waals surface area contributed by atoms with E-state index in [9.17, 15) is 4.79 Å². The first kappa shape index (κ1) is 23.6. The molecule has 5 nitrogen and oxygen atoms in total. The Balaban J connectivity index is 1.82. The fraction of sp³-hybridized carbons (Fsp3) is 0.125. The maximum absolute atomic E-state index is 13.0. The standard InChI is InChI=1S/C24H16Cl4N2O3/c1-32-20-8-6-15(16-7-9-22(28)30-23(16)20)21(10-17-18(26)11-29-12-19(17)27)33-24(31)13-2-4-14(25)5-3-13/h2-9,11-12,21H,10H2,1H3. The van der Waals surface area contributed by atoms with E-state index in [0.29, 0.717) is 53.6 Å². The molecule has 4 aromatic rings. The summed E-state index contributed by atoms with van der Waals surface area (Å²) in [7, 11) is 1.55. The van der Waals surface area contributed by atoms with Gasteiger partial charge in [0.25, 0.3) is 0 Å². The summed E-state index contributed by atoms with van der Waals surface area (Å²) in [6, 6.07) is 13.5. The second-order valence-electron chi connectivity index (χ2n) is 7.07. The van der Waals surface area contributed by atoms with Crippen LogP contribution in [-0.2, 0) is 11.2 Å². The van der Waals surface area contributed by atoms with Gasteiger partial charge in [0.15, 0.2) is 0 Å². The Hall–Kier alpha value is -2.57. The second-order valence-corrected chi connectivity index (χ2v) is 8.71. The first-order valence-electron chi connectivity index (χ1n) is 9.75. The molecule has 0 N–H and O–H groups in total. The zero-order valence-corrected chi connectivity index (χ0v) is 20.2. The second kappa shape index (κ2) is 10.1. The number of carbonyl (C=O) groups excluding carboxylic acids is 1. The molecule has 2 heterocycles. The van der Waals surface area contributed by atoms with E-state index in [1.54, 1.807) is 49.6 Å². The SMILES string of the molecule is COc1ccc(C(Cc2c(Cl)cncc2Cl)OC(=O)c2ccc(Cl)cc2)c2ccc(Cl)nc12. The number of ether oxygens (including phenoxy) is 2.